The second-order valence-corrected chi connectivity index (χ2v) is 7.39. The predicted molar refractivity (Wildman–Crippen MR) is 113 cm³/mol. The SMILES string of the molecule is CCOc1ccccc1N1CC(C(=O)N(C)Cc2cc(Cl)ccc2OC)CC1=O. The Hall–Kier alpha value is -2.73. The molecule has 0 radical (unpaired) electrons. The Labute approximate surface area is 176 Å². The molecule has 1 aliphatic rings. The third-order valence-electron chi connectivity index (χ3n) is 4.96. The highest BCUT2D eigenvalue weighted by molar-refractivity contribution is 6.30. The molecule has 1 fully saturated rings. The maximum Gasteiger partial charge on any atom is 0.228 e. The van der Waals surface area contributed by atoms with Crippen LogP contribution in [0.5, 0.6) is 11.5 Å². The van der Waals surface area contributed by atoms with E-state index in [1.807, 2.05) is 31.2 Å². The standard InChI is InChI=1S/C22H25ClN2O4/c1-4-29-20-8-6-5-7-18(20)25-14-16(12-21(25)26)22(27)24(2)13-15-11-17(23)9-10-19(15)28-3/h5-11,16H,4,12-14H2,1-3H3. The van der Waals surface area contributed by atoms with Crippen molar-refractivity contribution in [3.05, 3.63) is 53.1 Å². The van der Waals surface area contributed by atoms with E-state index in [0.717, 1.165) is 5.56 Å². The lowest BCUT2D eigenvalue weighted by Crippen LogP contribution is -2.34. The maximum atomic E-state index is 13.0. The van der Waals surface area contributed by atoms with Gasteiger partial charge in [-0.15, -0.1) is 0 Å². The molecule has 0 N–H and O–H groups in total. The molecule has 0 aromatic heterocycles. The van der Waals surface area contributed by atoms with E-state index in [4.69, 9.17) is 21.1 Å². The van der Waals surface area contributed by atoms with Crippen molar-refractivity contribution < 1.29 is 19.1 Å². The Morgan fingerprint density at radius 2 is 2.00 bits per heavy atom. The van der Waals surface area contributed by atoms with E-state index in [1.165, 1.54) is 0 Å². The van der Waals surface area contributed by atoms with Crippen LogP contribution >= 0.6 is 11.6 Å². The highest BCUT2D eigenvalue weighted by Crippen LogP contribution is 2.34. The van der Waals surface area contributed by atoms with Crippen LogP contribution < -0.4 is 14.4 Å². The molecule has 2 aromatic carbocycles. The third-order valence-corrected chi connectivity index (χ3v) is 5.19. The summed E-state index contributed by atoms with van der Waals surface area (Å²) in [7, 11) is 3.31. The van der Waals surface area contributed by atoms with Gasteiger partial charge in [0.25, 0.3) is 0 Å². The van der Waals surface area contributed by atoms with E-state index in [1.54, 1.807) is 42.2 Å². The maximum absolute atomic E-state index is 13.0. The smallest absolute Gasteiger partial charge is 0.228 e. The van der Waals surface area contributed by atoms with E-state index in [0.29, 0.717) is 41.9 Å². The molecular formula is C22H25ClN2O4. The van der Waals surface area contributed by atoms with Gasteiger partial charge in [0.2, 0.25) is 11.8 Å². The summed E-state index contributed by atoms with van der Waals surface area (Å²) < 4.78 is 11.0. The molecule has 2 amide bonds. The van der Waals surface area contributed by atoms with Crippen LogP contribution in [0.3, 0.4) is 0 Å². The number of carbonyl (C=O) groups excluding carboxylic acids is 2. The van der Waals surface area contributed by atoms with Crippen molar-refractivity contribution >= 4 is 29.1 Å². The van der Waals surface area contributed by atoms with Crippen LogP contribution in [0, 0.1) is 5.92 Å². The van der Waals surface area contributed by atoms with Crippen LogP contribution in [0.1, 0.15) is 18.9 Å². The number of halogens is 1. The van der Waals surface area contributed by atoms with Crippen molar-refractivity contribution in [2.75, 3.05) is 32.2 Å². The van der Waals surface area contributed by atoms with E-state index < -0.39 is 5.92 Å². The summed E-state index contributed by atoms with van der Waals surface area (Å²) in [5.41, 5.74) is 1.52. The number of methoxy groups -OCH3 is 1. The topological polar surface area (TPSA) is 59.1 Å². The number of nitrogens with zero attached hydrogens (tertiary/aromatic N) is 2. The fourth-order valence-electron chi connectivity index (χ4n) is 3.58. The van der Waals surface area contributed by atoms with E-state index in [2.05, 4.69) is 0 Å². The van der Waals surface area contributed by atoms with Crippen molar-refractivity contribution in [2.45, 2.75) is 19.9 Å². The molecule has 154 valence electrons. The molecule has 0 saturated carbocycles. The fraction of sp³-hybridized carbons (Fsp3) is 0.364. The zero-order valence-corrected chi connectivity index (χ0v) is 17.6. The zero-order chi connectivity index (χ0) is 21.0. The molecule has 0 bridgehead atoms. The van der Waals surface area contributed by atoms with Crippen LogP contribution in [0.4, 0.5) is 5.69 Å². The van der Waals surface area contributed by atoms with Crippen molar-refractivity contribution in [1.29, 1.82) is 0 Å². The lowest BCUT2D eigenvalue weighted by atomic mass is 10.1. The van der Waals surface area contributed by atoms with Gasteiger partial charge in [-0.05, 0) is 37.3 Å². The molecule has 3 rings (SSSR count). The second-order valence-electron chi connectivity index (χ2n) is 6.96. The van der Waals surface area contributed by atoms with Gasteiger partial charge in [0.15, 0.2) is 0 Å². The van der Waals surface area contributed by atoms with Crippen molar-refractivity contribution in [2.24, 2.45) is 5.92 Å². The van der Waals surface area contributed by atoms with Gasteiger partial charge in [-0.25, -0.2) is 0 Å². The summed E-state index contributed by atoms with van der Waals surface area (Å²) in [6.07, 6.45) is 0.177. The molecule has 1 aliphatic heterocycles. The Bertz CT molecular complexity index is 902. The third kappa shape index (κ3) is 4.65. The van der Waals surface area contributed by atoms with Gasteiger partial charge in [0, 0.05) is 37.1 Å². The van der Waals surface area contributed by atoms with Crippen LogP contribution in [0.15, 0.2) is 42.5 Å². The van der Waals surface area contributed by atoms with Crippen LogP contribution in [-0.2, 0) is 16.1 Å². The molecule has 1 atom stereocenters. The number of anilines is 1. The Balaban J connectivity index is 1.73. The Morgan fingerprint density at radius 1 is 1.24 bits per heavy atom. The van der Waals surface area contributed by atoms with Crippen LogP contribution in [0.25, 0.3) is 0 Å². The molecule has 0 aliphatic carbocycles. The fourth-order valence-corrected chi connectivity index (χ4v) is 3.77. The van der Waals surface area contributed by atoms with E-state index >= 15 is 0 Å². The highest BCUT2D eigenvalue weighted by atomic mass is 35.5. The number of rotatable bonds is 7. The number of hydrogen-bond acceptors (Lipinski definition) is 4. The van der Waals surface area contributed by atoms with Crippen molar-refractivity contribution in [3.8, 4) is 11.5 Å². The monoisotopic (exact) mass is 416 g/mol. The summed E-state index contributed by atoms with van der Waals surface area (Å²) in [5.74, 6) is 0.741. The van der Waals surface area contributed by atoms with Gasteiger partial charge in [0.1, 0.15) is 11.5 Å². The van der Waals surface area contributed by atoms with Crippen molar-refractivity contribution in [1.82, 2.24) is 4.90 Å². The molecule has 1 unspecified atom stereocenters. The molecule has 0 spiro atoms. The van der Waals surface area contributed by atoms with Gasteiger partial charge >= 0.3 is 0 Å². The molecule has 1 heterocycles. The first-order valence-corrected chi connectivity index (χ1v) is 9.92. The number of amides is 2. The lowest BCUT2D eigenvalue weighted by Gasteiger charge is -2.23. The first kappa shape index (κ1) is 21.0. The van der Waals surface area contributed by atoms with Gasteiger partial charge in [0.05, 0.1) is 25.3 Å². The number of carbonyl (C=O) groups is 2. The number of hydrogen-bond donors (Lipinski definition) is 0. The molecule has 29 heavy (non-hydrogen) atoms. The van der Waals surface area contributed by atoms with Crippen LogP contribution in [0.2, 0.25) is 5.02 Å². The summed E-state index contributed by atoms with van der Waals surface area (Å²) in [4.78, 5) is 28.9. The minimum absolute atomic E-state index is 0.0794. The lowest BCUT2D eigenvalue weighted by molar-refractivity contribution is -0.135. The number of para-hydroxylation sites is 2. The highest BCUT2D eigenvalue weighted by Gasteiger charge is 2.37. The zero-order valence-electron chi connectivity index (χ0n) is 16.9. The Morgan fingerprint density at radius 3 is 2.72 bits per heavy atom. The second kappa shape index (κ2) is 9.18. The molecule has 1 saturated heterocycles. The Kier molecular flexibility index (Phi) is 6.64. The minimum atomic E-state index is -0.410. The van der Waals surface area contributed by atoms with Crippen molar-refractivity contribution in [3.63, 3.8) is 0 Å². The van der Waals surface area contributed by atoms with Gasteiger partial charge in [-0.3, -0.25) is 9.59 Å². The first-order valence-electron chi connectivity index (χ1n) is 9.54. The normalized spacial score (nSPS) is 16.1. The largest absolute Gasteiger partial charge is 0.496 e. The number of benzene rings is 2. The predicted octanol–water partition coefficient (Wildman–Crippen LogP) is 3.76. The summed E-state index contributed by atoms with van der Waals surface area (Å²) in [6, 6.07) is 12.7. The van der Waals surface area contributed by atoms with Gasteiger partial charge in [-0.1, -0.05) is 23.7 Å². The van der Waals surface area contributed by atoms with E-state index in [-0.39, 0.29) is 18.2 Å². The molecular weight excluding hydrogens is 392 g/mol. The quantitative estimate of drug-likeness (QED) is 0.689. The van der Waals surface area contributed by atoms with Gasteiger partial charge < -0.3 is 19.3 Å². The molecule has 2 aromatic rings. The summed E-state index contributed by atoms with van der Waals surface area (Å²) in [6.45, 7) is 3.08. The minimum Gasteiger partial charge on any atom is -0.496 e. The molecule has 6 nitrogen and oxygen atoms in total. The first-order chi connectivity index (χ1) is 13.9. The van der Waals surface area contributed by atoms with Gasteiger partial charge in [-0.2, -0.15) is 0 Å². The number of ether oxygens (including phenoxy) is 2. The molecule has 7 heteroatoms. The average molecular weight is 417 g/mol. The van der Waals surface area contributed by atoms with Crippen LogP contribution in [-0.4, -0.2) is 44.0 Å². The van der Waals surface area contributed by atoms with E-state index in [9.17, 15) is 9.59 Å². The average Bonchev–Trinajstić information content (AvgIpc) is 3.09. The summed E-state index contributed by atoms with van der Waals surface area (Å²) in [5, 5.41) is 0.580. The summed E-state index contributed by atoms with van der Waals surface area (Å²) >= 11 is 6.09.